The SMILES string of the molecule is CC(C)(C)c1cc(C[C@@H]2CNCC[C@H]2CC(=O)NCc2ccccc2)no1. The number of carbonyl (C=O) groups is 1. The molecular formula is C22H31N3O2. The quantitative estimate of drug-likeness (QED) is 0.818. The van der Waals surface area contributed by atoms with Crippen LogP contribution in [0.4, 0.5) is 0 Å². The first-order valence-electron chi connectivity index (χ1n) is 9.89. The topological polar surface area (TPSA) is 67.2 Å². The molecule has 0 unspecified atom stereocenters. The third kappa shape index (κ3) is 5.67. The molecule has 1 aliphatic heterocycles. The second-order valence-corrected chi connectivity index (χ2v) is 8.62. The predicted octanol–water partition coefficient (Wildman–Crippen LogP) is 3.45. The molecule has 2 N–H and O–H groups in total. The second kappa shape index (κ2) is 8.70. The Hall–Kier alpha value is -2.14. The van der Waals surface area contributed by atoms with Crippen LogP contribution in [0.2, 0.25) is 0 Å². The van der Waals surface area contributed by atoms with Crippen LogP contribution >= 0.6 is 0 Å². The fraction of sp³-hybridized carbons (Fsp3) is 0.545. The molecule has 27 heavy (non-hydrogen) atoms. The Balaban J connectivity index is 1.55. The Labute approximate surface area is 161 Å². The van der Waals surface area contributed by atoms with Gasteiger partial charge in [0.05, 0.1) is 5.69 Å². The van der Waals surface area contributed by atoms with E-state index in [4.69, 9.17) is 4.52 Å². The van der Waals surface area contributed by atoms with E-state index in [1.54, 1.807) is 0 Å². The van der Waals surface area contributed by atoms with Crippen molar-refractivity contribution in [3.05, 3.63) is 53.4 Å². The molecule has 2 heterocycles. The van der Waals surface area contributed by atoms with Crippen LogP contribution in [-0.4, -0.2) is 24.2 Å². The molecule has 1 fully saturated rings. The van der Waals surface area contributed by atoms with Crippen molar-refractivity contribution < 1.29 is 9.32 Å². The van der Waals surface area contributed by atoms with Gasteiger partial charge in [-0.2, -0.15) is 0 Å². The van der Waals surface area contributed by atoms with E-state index in [0.717, 1.165) is 42.9 Å². The van der Waals surface area contributed by atoms with Crippen molar-refractivity contribution in [2.24, 2.45) is 11.8 Å². The Morgan fingerprint density at radius 3 is 2.74 bits per heavy atom. The zero-order valence-electron chi connectivity index (χ0n) is 16.6. The summed E-state index contributed by atoms with van der Waals surface area (Å²) in [6.07, 6.45) is 2.44. The van der Waals surface area contributed by atoms with Crippen LogP contribution in [0, 0.1) is 11.8 Å². The first-order chi connectivity index (χ1) is 12.9. The highest BCUT2D eigenvalue weighted by Crippen LogP contribution is 2.28. The fourth-order valence-corrected chi connectivity index (χ4v) is 3.62. The molecule has 2 atom stereocenters. The summed E-state index contributed by atoms with van der Waals surface area (Å²) in [5, 5.41) is 10.8. The fourth-order valence-electron chi connectivity index (χ4n) is 3.62. The molecule has 1 aromatic heterocycles. The van der Waals surface area contributed by atoms with Crippen LogP contribution < -0.4 is 10.6 Å². The van der Waals surface area contributed by atoms with Gasteiger partial charge in [0.25, 0.3) is 0 Å². The van der Waals surface area contributed by atoms with Gasteiger partial charge in [0.15, 0.2) is 0 Å². The van der Waals surface area contributed by atoms with Gasteiger partial charge in [-0.05, 0) is 43.3 Å². The summed E-state index contributed by atoms with van der Waals surface area (Å²) in [5.74, 6) is 1.82. The monoisotopic (exact) mass is 369 g/mol. The van der Waals surface area contributed by atoms with Crippen molar-refractivity contribution in [3.63, 3.8) is 0 Å². The highest BCUT2D eigenvalue weighted by atomic mass is 16.5. The number of nitrogens with zero attached hydrogens (tertiary/aromatic N) is 1. The number of carbonyl (C=O) groups excluding carboxylic acids is 1. The minimum absolute atomic E-state index is 0.0349. The van der Waals surface area contributed by atoms with Crippen molar-refractivity contribution in [2.45, 2.75) is 52.0 Å². The Bertz CT molecular complexity index is 734. The molecule has 2 aromatic rings. The van der Waals surface area contributed by atoms with Gasteiger partial charge >= 0.3 is 0 Å². The van der Waals surface area contributed by atoms with Crippen LogP contribution in [0.3, 0.4) is 0 Å². The van der Waals surface area contributed by atoms with E-state index in [-0.39, 0.29) is 11.3 Å². The van der Waals surface area contributed by atoms with Gasteiger partial charge in [0, 0.05) is 24.4 Å². The number of hydrogen-bond acceptors (Lipinski definition) is 4. The first kappa shape index (κ1) is 19.6. The summed E-state index contributed by atoms with van der Waals surface area (Å²) in [6.45, 7) is 8.86. The molecule has 0 radical (unpaired) electrons. The van der Waals surface area contributed by atoms with Crippen LogP contribution in [0.15, 0.2) is 40.9 Å². The highest BCUT2D eigenvalue weighted by Gasteiger charge is 2.29. The van der Waals surface area contributed by atoms with Crippen molar-refractivity contribution in [2.75, 3.05) is 13.1 Å². The number of nitrogens with one attached hydrogen (secondary N) is 2. The Morgan fingerprint density at radius 2 is 2.04 bits per heavy atom. The lowest BCUT2D eigenvalue weighted by atomic mass is 9.81. The van der Waals surface area contributed by atoms with Crippen LogP contribution in [0.1, 0.15) is 50.6 Å². The lowest BCUT2D eigenvalue weighted by molar-refractivity contribution is -0.122. The normalized spacial score (nSPS) is 20.4. The molecule has 1 amide bonds. The maximum Gasteiger partial charge on any atom is 0.220 e. The average Bonchev–Trinajstić information content (AvgIpc) is 3.12. The van der Waals surface area contributed by atoms with Crippen molar-refractivity contribution in [1.82, 2.24) is 15.8 Å². The molecule has 3 rings (SSSR count). The van der Waals surface area contributed by atoms with Gasteiger partial charge in [-0.25, -0.2) is 0 Å². The number of piperidine rings is 1. The summed E-state index contributed by atoms with van der Waals surface area (Å²) in [4.78, 5) is 12.5. The number of benzene rings is 1. The highest BCUT2D eigenvalue weighted by molar-refractivity contribution is 5.76. The third-order valence-corrected chi connectivity index (χ3v) is 5.31. The summed E-state index contributed by atoms with van der Waals surface area (Å²) in [6, 6.07) is 12.1. The molecule has 1 aliphatic rings. The Kier molecular flexibility index (Phi) is 6.32. The van der Waals surface area contributed by atoms with Gasteiger partial charge < -0.3 is 15.2 Å². The first-order valence-corrected chi connectivity index (χ1v) is 9.89. The van der Waals surface area contributed by atoms with E-state index >= 15 is 0 Å². The van der Waals surface area contributed by atoms with E-state index in [2.05, 4.69) is 42.6 Å². The van der Waals surface area contributed by atoms with Crippen LogP contribution in [0.25, 0.3) is 0 Å². The van der Waals surface area contributed by atoms with E-state index in [1.807, 2.05) is 30.3 Å². The van der Waals surface area contributed by atoms with Gasteiger partial charge in [-0.1, -0.05) is 56.3 Å². The Morgan fingerprint density at radius 1 is 1.26 bits per heavy atom. The number of aromatic nitrogens is 1. The summed E-state index contributed by atoms with van der Waals surface area (Å²) in [7, 11) is 0. The molecule has 1 saturated heterocycles. The van der Waals surface area contributed by atoms with Crippen LogP contribution in [0.5, 0.6) is 0 Å². The molecule has 0 saturated carbocycles. The van der Waals surface area contributed by atoms with Gasteiger partial charge in [0.2, 0.25) is 5.91 Å². The van der Waals surface area contributed by atoms with E-state index in [0.29, 0.717) is 24.8 Å². The van der Waals surface area contributed by atoms with E-state index in [9.17, 15) is 4.79 Å². The van der Waals surface area contributed by atoms with Gasteiger partial charge in [-0.3, -0.25) is 4.79 Å². The number of amides is 1. The predicted molar refractivity (Wildman–Crippen MR) is 106 cm³/mol. The van der Waals surface area contributed by atoms with Gasteiger partial charge in [-0.15, -0.1) is 0 Å². The molecule has 146 valence electrons. The number of hydrogen-bond donors (Lipinski definition) is 2. The molecule has 1 aromatic carbocycles. The van der Waals surface area contributed by atoms with Gasteiger partial charge in [0.1, 0.15) is 5.76 Å². The largest absolute Gasteiger partial charge is 0.361 e. The average molecular weight is 370 g/mol. The standard InChI is InChI=1S/C22H31N3O2/c1-22(2,3)20-13-19(25-27-20)11-18-15-23-10-9-17(18)12-21(26)24-14-16-7-5-4-6-8-16/h4-8,13,17-18,23H,9-12,14-15H2,1-3H3,(H,24,26)/t17-,18+/m0/s1. The maximum absolute atomic E-state index is 12.5. The van der Waals surface area contributed by atoms with Crippen molar-refractivity contribution in [3.8, 4) is 0 Å². The smallest absolute Gasteiger partial charge is 0.220 e. The maximum atomic E-state index is 12.5. The second-order valence-electron chi connectivity index (χ2n) is 8.62. The lowest BCUT2D eigenvalue weighted by Gasteiger charge is -2.31. The molecule has 0 aliphatic carbocycles. The minimum atomic E-state index is -0.0349. The van der Waals surface area contributed by atoms with Crippen molar-refractivity contribution >= 4 is 5.91 Å². The molecule has 0 bridgehead atoms. The van der Waals surface area contributed by atoms with E-state index < -0.39 is 0 Å². The summed E-state index contributed by atoms with van der Waals surface area (Å²) >= 11 is 0. The van der Waals surface area contributed by atoms with E-state index in [1.165, 1.54) is 0 Å². The zero-order valence-corrected chi connectivity index (χ0v) is 16.6. The molecule has 5 heteroatoms. The minimum Gasteiger partial charge on any atom is -0.361 e. The summed E-state index contributed by atoms with van der Waals surface area (Å²) in [5.41, 5.74) is 2.08. The third-order valence-electron chi connectivity index (χ3n) is 5.31. The van der Waals surface area contributed by atoms with Crippen LogP contribution in [-0.2, 0) is 23.2 Å². The van der Waals surface area contributed by atoms with Crippen molar-refractivity contribution in [1.29, 1.82) is 0 Å². The zero-order chi connectivity index (χ0) is 19.3. The molecule has 0 spiro atoms. The molecular weight excluding hydrogens is 338 g/mol. The lowest BCUT2D eigenvalue weighted by Crippen LogP contribution is -2.40. The summed E-state index contributed by atoms with van der Waals surface area (Å²) < 4.78 is 5.52. The number of rotatable bonds is 6. The molecule has 5 nitrogen and oxygen atoms in total.